The van der Waals surface area contributed by atoms with E-state index >= 15 is 0 Å². The van der Waals surface area contributed by atoms with E-state index in [0.717, 1.165) is 24.9 Å². The van der Waals surface area contributed by atoms with E-state index in [1.807, 2.05) is 6.07 Å². The first-order valence-electron chi connectivity index (χ1n) is 7.39. The zero-order valence-corrected chi connectivity index (χ0v) is 11.8. The lowest BCUT2D eigenvalue weighted by Crippen LogP contribution is -2.46. The summed E-state index contributed by atoms with van der Waals surface area (Å²) < 4.78 is 0. The highest BCUT2D eigenvalue weighted by Crippen LogP contribution is 2.33. The van der Waals surface area contributed by atoms with Crippen molar-refractivity contribution in [1.82, 2.24) is 9.80 Å². The number of fused-ring (bicyclic) bond motifs is 1. The molecule has 3 nitrogen and oxygen atoms in total. The van der Waals surface area contributed by atoms with Crippen molar-refractivity contribution < 1.29 is 5.11 Å². The Bertz CT molecular complexity index is 427. The molecule has 0 saturated carbocycles. The molecular formula is C16H24N2O. The zero-order valence-electron chi connectivity index (χ0n) is 11.8. The Kier molecular flexibility index (Phi) is 3.87. The number of hydrogen-bond donors (Lipinski definition) is 1. The van der Waals surface area contributed by atoms with Gasteiger partial charge >= 0.3 is 0 Å². The Morgan fingerprint density at radius 1 is 1.16 bits per heavy atom. The molecule has 2 unspecified atom stereocenters. The first-order chi connectivity index (χ1) is 9.22. The fraction of sp³-hybridized carbons (Fsp3) is 0.625. The number of piperazine rings is 1. The van der Waals surface area contributed by atoms with Gasteiger partial charge in [-0.3, -0.25) is 0 Å². The summed E-state index contributed by atoms with van der Waals surface area (Å²) >= 11 is 0. The SMILES string of the molecule is CN1CCN(CC2Cc3ccccc3C(O)C2)CC1. The smallest absolute Gasteiger partial charge is 0.0796 e. The Hall–Kier alpha value is -0.900. The van der Waals surface area contributed by atoms with Gasteiger partial charge in [-0.1, -0.05) is 24.3 Å². The molecule has 2 atom stereocenters. The Labute approximate surface area is 115 Å². The molecule has 1 aromatic rings. The molecular weight excluding hydrogens is 236 g/mol. The number of rotatable bonds is 2. The summed E-state index contributed by atoms with van der Waals surface area (Å²) in [5.41, 5.74) is 2.50. The summed E-state index contributed by atoms with van der Waals surface area (Å²) in [4.78, 5) is 4.95. The molecule has 0 amide bonds. The van der Waals surface area contributed by atoms with E-state index in [1.165, 1.54) is 31.7 Å². The minimum atomic E-state index is -0.262. The largest absolute Gasteiger partial charge is 0.388 e. The molecule has 1 aliphatic carbocycles. The molecule has 0 bridgehead atoms. The minimum absolute atomic E-state index is 0.262. The van der Waals surface area contributed by atoms with E-state index in [9.17, 15) is 5.11 Å². The number of hydrogen-bond acceptors (Lipinski definition) is 3. The summed E-state index contributed by atoms with van der Waals surface area (Å²) in [5.74, 6) is 0.605. The maximum Gasteiger partial charge on any atom is 0.0796 e. The van der Waals surface area contributed by atoms with Crippen LogP contribution in [-0.4, -0.2) is 54.7 Å². The highest BCUT2D eigenvalue weighted by molar-refractivity contribution is 5.31. The number of aliphatic hydroxyl groups is 1. The first kappa shape index (κ1) is 13.1. The third kappa shape index (κ3) is 2.99. The molecule has 104 valence electrons. The van der Waals surface area contributed by atoms with Gasteiger partial charge in [0, 0.05) is 32.7 Å². The van der Waals surface area contributed by atoms with Gasteiger partial charge in [0.1, 0.15) is 0 Å². The average molecular weight is 260 g/mol. The van der Waals surface area contributed by atoms with Gasteiger partial charge in [-0.2, -0.15) is 0 Å². The molecule has 1 saturated heterocycles. The molecule has 3 rings (SSSR count). The molecule has 2 aliphatic rings. The standard InChI is InChI=1S/C16H24N2O/c1-17-6-8-18(9-7-17)12-13-10-14-4-2-3-5-15(14)16(19)11-13/h2-5,13,16,19H,6-12H2,1H3. The predicted molar refractivity (Wildman–Crippen MR) is 77.1 cm³/mol. The van der Waals surface area contributed by atoms with Crippen molar-refractivity contribution in [3.05, 3.63) is 35.4 Å². The quantitative estimate of drug-likeness (QED) is 0.873. The summed E-state index contributed by atoms with van der Waals surface area (Å²) in [5, 5.41) is 10.3. The fourth-order valence-corrected chi connectivity index (χ4v) is 3.42. The summed E-state index contributed by atoms with van der Waals surface area (Å²) in [6, 6.07) is 8.37. The van der Waals surface area contributed by atoms with E-state index in [1.54, 1.807) is 0 Å². The zero-order chi connectivity index (χ0) is 13.2. The minimum Gasteiger partial charge on any atom is -0.388 e. The normalized spacial score (nSPS) is 29.2. The number of aliphatic hydroxyl groups excluding tert-OH is 1. The third-order valence-corrected chi connectivity index (χ3v) is 4.59. The van der Waals surface area contributed by atoms with Crippen LogP contribution in [0.25, 0.3) is 0 Å². The second kappa shape index (κ2) is 5.61. The Morgan fingerprint density at radius 3 is 2.68 bits per heavy atom. The van der Waals surface area contributed by atoms with E-state index in [2.05, 4.69) is 35.0 Å². The molecule has 0 spiro atoms. The molecule has 19 heavy (non-hydrogen) atoms. The van der Waals surface area contributed by atoms with Crippen molar-refractivity contribution >= 4 is 0 Å². The van der Waals surface area contributed by atoms with Gasteiger partial charge in [-0.25, -0.2) is 0 Å². The van der Waals surface area contributed by atoms with Crippen molar-refractivity contribution in [1.29, 1.82) is 0 Å². The van der Waals surface area contributed by atoms with E-state index in [4.69, 9.17) is 0 Å². The monoisotopic (exact) mass is 260 g/mol. The molecule has 3 heteroatoms. The van der Waals surface area contributed by atoms with Crippen LogP contribution in [0.3, 0.4) is 0 Å². The van der Waals surface area contributed by atoms with Gasteiger partial charge in [0.2, 0.25) is 0 Å². The molecule has 0 radical (unpaired) electrons. The highest BCUT2D eigenvalue weighted by Gasteiger charge is 2.27. The highest BCUT2D eigenvalue weighted by atomic mass is 16.3. The topological polar surface area (TPSA) is 26.7 Å². The van der Waals surface area contributed by atoms with Crippen LogP contribution in [0.5, 0.6) is 0 Å². The van der Waals surface area contributed by atoms with Gasteiger partial charge in [0.25, 0.3) is 0 Å². The van der Waals surface area contributed by atoms with E-state index < -0.39 is 0 Å². The first-order valence-corrected chi connectivity index (χ1v) is 7.39. The van der Waals surface area contributed by atoms with Gasteiger partial charge in [0.15, 0.2) is 0 Å². The maximum absolute atomic E-state index is 10.3. The van der Waals surface area contributed by atoms with Crippen LogP contribution >= 0.6 is 0 Å². The lowest BCUT2D eigenvalue weighted by atomic mass is 9.82. The second-order valence-corrected chi connectivity index (χ2v) is 6.12. The molecule has 1 aliphatic heterocycles. The molecule has 1 fully saturated rings. The predicted octanol–water partition coefficient (Wildman–Crippen LogP) is 1.53. The van der Waals surface area contributed by atoms with E-state index in [-0.39, 0.29) is 6.10 Å². The van der Waals surface area contributed by atoms with Crippen LogP contribution in [0, 0.1) is 5.92 Å². The second-order valence-electron chi connectivity index (χ2n) is 6.12. The van der Waals surface area contributed by atoms with Crippen LogP contribution in [0.4, 0.5) is 0 Å². The Morgan fingerprint density at radius 2 is 1.89 bits per heavy atom. The lowest BCUT2D eigenvalue weighted by Gasteiger charge is -2.37. The van der Waals surface area contributed by atoms with Gasteiger partial charge in [-0.15, -0.1) is 0 Å². The van der Waals surface area contributed by atoms with Gasteiger partial charge < -0.3 is 14.9 Å². The average Bonchev–Trinajstić information content (AvgIpc) is 2.42. The summed E-state index contributed by atoms with van der Waals surface area (Å²) in [6.07, 6.45) is 1.78. The Balaban J connectivity index is 1.62. The molecule has 0 aromatic heterocycles. The maximum atomic E-state index is 10.3. The fourth-order valence-electron chi connectivity index (χ4n) is 3.42. The number of benzene rings is 1. The summed E-state index contributed by atoms with van der Waals surface area (Å²) in [6.45, 7) is 5.83. The van der Waals surface area contributed by atoms with Crippen LogP contribution in [0.1, 0.15) is 23.7 Å². The van der Waals surface area contributed by atoms with Crippen molar-refractivity contribution in [2.24, 2.45) is 5.92 Å². The van der Waals surface area contributed by atoms with Crippen molar-refractivity contribution in [2.45, 2.75) is 18.9 Å². The van der Waals surface area contributed by atoms with Crippen LogP contribution < -0.4 is 0 Å². The van der Waals surface area contributed by atoms with Crippen LogP contribution in [-0.2, 0) is 6.42 Å². The van der Waals surface area contributed by atoms with Crippen LogP contribution in [0.15, 0.2) is 24.3 Å². The number of likely N-dealkylation sites (N-methyl/N-ethyl adjacent to an activating group) is 1. The molecule has 1 heterocycles. The number of nitrogens with zero attached hydrogens (tertiary/aromatic N) is 2. The van der Waals surface area contributed by atoms with Gasteiger partial charge in [-0.05, 0) is 36.9 Å². The van der Waals surface area contributed by atoms with Crippen molar-refractivity contribution in [2.75, 3.05) is 39.8 Å². The molecule has 1 N–H and O–H groups in total. The lowest BCUT2D eigenvalue weighted by molar-refractivity contribution is 0.0927. The molecule has 1 aromatic carbocycles. The van der Waals surface area contributed by atoms with Crippen LogP contribution in [0.2, 0.25) is 0 Å². The van der Waals surface area contributed by atoms with Crippen molar-refractivity contribution in [3.8, 4) is 0 Å². The third-order valence-electron chi connectivity index (χ3n) is 4.59. The summed E-state index contributed by atoms with van der Waals surface area (Å²) in [7, 11) is 2.19. The van der Waals surface area contributed by atoms with E-state index in [0.29, 0.717) is 5.92 Å². The van der Waals surface area contributed by atoms with Gasteiger partial charge in [0.05, 0.1) is 6.10 Å². The van der Waals surface area contributed by atoms with Crippen molar-refractivity contribution in [3.63, 3.8) is 0 Å².